The molecule has 150 valence electrons. The van der Waals surface area contributed by atoms with Gasteiger partial charge in [0.1, 0.15) is 12.7 Å². The summed E-state index contributed by atoms with van der Waals surface area (Å²) < 4.78 is 5.53. The molecule has 0 aliphatic carbocycles. The van der Waals surface area contributed by atoms with Gasteiger partial charge in [0.05, 0.1) is 5.92 Å². The quantitative estimate of drug-likeness (QED) is 0.189. The smallest absolute Gasteiger partial charge is 0.309 e. The summed E-state index contributed by atoms with van der Waals surface area (Å²) >= 11 is 0. The number of unbranched alkanes of at least 4 members (excludes halogenated alkanes) is 8. The molecular formula is C21H43NO3. The van der Waals surface area contributed by atoms with Crippen molar-refractivity contribution >= 4 is 5.97 Å². The van der Waals surface area contributed by atoms with Gasteiger partial charge in [-0.1, -0.05) is 78.1 Å². The zero-order valence-electron chi connectivity index (χ0n) is 17.5. The Balaban J connectivity index is 4.18. The van der Waals surface area contributed by atoms with Crippen LogP contribution >= 0.6 is 0 Å². The fourth-order valence-corrected chi connectivity index (χ4v) is 3.08. The van der Waals surface area contributed by atoms with Crippen LogP contribution in [0.15, 0.2) is 0 Å². The third-order valence-electron chi connectivity index (χ3n) is 4.50. The van der Waals surface area contributed by atoms with Crippen molar-refractivity contribution in [3.8, 4) is 0 Å². The van der Waals surface area contributed by atoms with Gasteiger partial charge in [0.15, 0.2) is 0 Å². The highest BCUT2D eigenvalue weighted by molar-refractivity contribution is 5.72. The van der Waals surface area contributed by atoms with Crippen molar-refractivity contribution in [3.63, 3.8) is 0 Å². The highest BCUT2D eigenvalue weighted by Crippen LogP contribution is 2.20. The van der Waals surface area contributed by atoms with Crippen LogP contribution in [0.2, 0.25) is 0 Å². The standard InChI is InChI=1S/C21H43NO3/c1-6-8-10-12-13-15-17-20(16-14-11-9-7-2)21(23)24-18-19(3)25-22(4)5/h19-20H,6-18H2,1-5H3. The average Bonchev–Trinajstić information content (AvgIpc) is 2.57. The first kappa shape index (κ1) is 24.4. The van der Waals surface area contributed by atoms with Crippen LogP contribution in [-0.4, -0.2) is 37.8 Å². The summed E-state index contributed by atoms with van der Waals surface area (Å²) in [5.74, 6) is 0.0360. The second-order valence-electron chi connectivity index (χ2n) is 7.46. The lowest BCUT2D eigenvalue weighted by Gasteiger charge is -2.20. The van der Waals surface area contributed by atoms with E-state index in [9.17, 15) is 4.79 Å². The minimum Gasteiger partial charge on any atom is -0.463 e. The highest BCUT2D eigenvalue weighted by Gasteiger charge is 2.20. The van der Waals surface area contributed by atoms with Gasteiger partial charge in [0.2, 0.25) is 0 Å². The zero-order chi connectivity index (χ0) is 18.9. The molecule has 0 aliphatic heterocycles. The number of hydrogen-bond donors (Lipinski definition) is 0. The van der Waals surface area contributed by atoms with Gasteiger partial charge < -0.3 is 4.74 Å². The average molecular weight is 358 g/mol. The molecule has 0 heterocycles. The summed E-state index contributed by atoms with van der Waals surface area (Å²) in [4.78, 5) is 18.0. The summed E-state index contributed by atoms with van der Waals surface area (Å²) in [6.07, 6.45) is 14.3. The number of esters is 1. The predicted molar refractivity (Wildman–Crippen MR) is 105 cm³/mol. The lowest BCUT2D eigenvalue weighted by atomic mass is 9.94. The maximum Gasteiger partial charge on any atom is 0.309 e. The Kier molecular flexibility index (Phi) is 16.4. The largest absolute Gasteiger partial charge is 0.463 e. The van der Waals surface area contributed by atoms with Crippen LogP contribution in [0.3, 0.4) is 0 Å². The maximum atomic E-state index is 12.5. The van der Waals surface area contributed by atoms with Crippen molar-refractivity contribution in [2.75, 3.05) is 20.7 Å². The van der Waals surface area contributed by atoms with E-state index in [-0.39, 0.29) is 18.0 Å². The number of carbonyl (C=O) groups excluding carboxylic acids is 1. The second kappa shape index (κ2) is 16.8. The van der Waals surface area contributed by atoms with E-state index < -0.39 is 0 Å². The van der Waals surface area contributed by atoms with Gasteiger partial charge in [0.25, 0.3) is 0 Å². The normalized spacial score (nSPS) is 13.8. The monoisotopic (exact) mass is 357 g/mol. The van der Waals surface area contributed by atoms with E-state index in [4.69, 9.17) is 9.57 Å². The van der Waals surface area contributed by atoms with Crippen LogP contribution in [0.25, 0.3) is 0 Å². The third kappa shape index (κ3) is 15.4. The van der Waals surface area contributed by atoms with Crippen LogP contribution in [-0.2, 0) is 14.4 Å². The van der Waals surface area contributed by atoms with Gasteiger partial charge in [-0.15, -0.1) is 0 Å². The number of hydrogen-bond acceptors (Lipinski definition) is 4. The summed E-state index contributed by atoms with van der Waals surface area (Å²) in [5, 5.41) is 1.65. The van der Waals surface area contributed by atoms with E-state index in [2.05, 4.69) is 13.8 Å². The number of nitrogens with zero attached hydrogens (tertiary/aromatic N) is 1. The summed E-state index contributed by atoms with van der Waals surface area (Å²) in [6.45, 7) is 6.72. The molecule has 0 saturated heterocycles. The first-order chi connectivity index (χ1) is 12.0. The first-order valence-corrected chi connectivity index (χ1v) is 10.5. The van der Waals surface area contributed by atoms with Crippen LogP contribution in [0.4, 0.5) is 0 Å². The number of carbonyl (C=O) groups is 1. The van der Waals surface area contributed by atoms with Gasteiger partial charge in [-0.3, -0.25) is 9.63 Å². The Morgan fingerprint density at radius 3 is 1.84 bits per heavy atom. The van der Waals surface area contributed by atoms with Gasteiger partial charge >= 0.3 is 5.97 Å². The Labute approximate surface area is 156 Å². The molecule has 0 rings (SSSR count). The van der Waals surface area contributed by atoms with Crippen molar-refractivity contribution < 1.29 is 14.4 Å². The fourth-order valence-electron chi connectivity index (χ4n) is 3.08. The first-order valence-electron chi connectivity index (χ1n) is 10.5. The van der Waals surface area contributed by atoms with Crippen molar-refractivity contribution in [1.29, 1.82) is 0 Å². The summed E-state index contributed by atoms with van der Waals surface area (Å²) in [7, 11) is 3.68. The molecule has 0 saturated carbocycles. The minimum absolute atomic E-state index is 0.0285. The molecule has 0 fully saturated rings. The van der Waals surface area contributed by atoms with E-state index in [1.165, 1.54) is 51.4 Å². The molecule has 0 bridgehead atoms. The van der Waals surface area contributed by atoms with Crippen molar-refractivity contribution in [1.82, 2.24) is 5.06 Å². The molecule has 0 N–H and O–H groups in total. The lowest BCUT2D eigenvalue weighted by Crippen LogP contribution is -2.28. The maximum absolute atomic E-state index is 12.5. The molecule has 4 nitrogen and oxygen atoms in total. The van der Waals surface area contributed by atoms with E-state index in [0.717, 1.165) is 25.7 Å². The van der Waals surface area contributed by atoms with Crippen molar-refractivity contribution in [2.45, 2.75) is 104 Å². The van der Waals surface area contributed by atoms with E-state index in [0.29, 0.717) is 6.61 Å². The van der Waals surface area contributed by atoms with Gasteiger partial charge in [-0.05, 0) is 19.8 Å². The second-order valence-corrected chi connectivity index (χ2v) is 7.46. The third-order valence-corrected chi connectivity index (χ3v) is 4.50. The topological polar surface area (TPSA) is 38.8 Å². The molecule has 0 aromatic rings. The molecule has 2 unspecified atom stereocenters. The number of rotatable bonds is 17. The molecule has 25 heavy (non-hydrogen) atoms. The SMILES string of the molecule is CCCCCCCCC(CCCCCC)C(=O)OCC(C)ON(C)C. The molecule has 0 aromatic heterocycles. The molecular weight excluding hydrogens is 314 g/mol. The van der Waals surface area contributed by atoms with Crippen LogP contribution in [0, 0.1) is 5.92 Å². The van der Waals surface area contributed by atoms with Crippen molar-refractivity contribution in [3.05, 3.63) is 0 Å². The van der Waals surface area contributed by atoms with Crippen molar-refractivity contribution in [2.24, 2.45) is 5.92 Å². The Morgan fingerprint density at radius 1 is 0.840 bits per heavy atom. The summed E-state index contributed by atoms with van der Waals surface area (Å²) in [6, 6.07) is 0. The molecule has 0 aliphatic rings. The predicted octanol–water partition coefficient (Wildman–Crippen LogP) is 5.75. The van der Waals surface area contributed by atoms with E-state index in [1.807, 2.05) is 21.0 Å². The number of hydroxylamine groups is 2. The Hall–Kier alpha value is -0.610. The molecule has 0 aromatic carbocycles. The van der Waals surface area contributed by atoms with E-state index >= 15 is 0 Å². The zero-order valence-corrected chi connectivity index (χ0v) is 17.5. The molecule has 0 amide bonds. The van der Waals surface area contributed by atoms with Gasteiger partial charge in [-0.2, -0.15) is 5.06 Å². The fraction of sp³-hybridized carbons (Fsp3) is 0.952. The Bertz CT molecular complexity index is 308. The van der Waals surface area contributed by atoms with Crippen LogP contribution < -0.4 is 0 Å². The molecule has 0 spiro atoms. The van der Waals surface area contributed by atoms with Crippen LogP contribution in [0.1, 0.15) is 97.8 Å². The van der Waals surface area contributed by atoms with E-state index in [1.54, 1.807) is 5.06 Å². The highest BCUT2D eigenvalue weighted by atomic mass is 16.7. The lowest BCUT2D eigenvalue weighted by molar-refractivity contribution is -0.183. The number of ether oxygens (including phenoxy) is 1. The van der Waals surface area contributed by atoms with Gasteiger partial charge in [-0.25, -0.2) is 0 Å². The van der Waals surface area contributed by atoms with Crippen LogP contribution in [0.5, 0.6) is 0 Å². The van der Waals surface area contributed by atoms with Gasteiger partial charge in [0, 0.05) is 14.1 Å². The summed E-state index contributed by atoms with van der Waals surface area (Å²) in [5.41, 5.74) is 0. The minimum atomic E-state index is -0.103. The molecule has 2 atom stereocenters. The Morgan fingerprint density at radius 2 is 1.32 bits per heavy atom. The molecule has 0 radical (unpaired) electrons. The molecule has 4 heteroatoms.